The van der Waals surface area contributed by atoms with E-state index in [9.17, 15) is 0 Å². The van der Waals surface area contributed by atoms with Crippen LogP contribution in [-0.2, 0) is 6.42 Å². The van der Waals surface area contributed by atoms with Crippen molar-refractivity contribution in [3.63, 3.8) is 0 Å². The van der Waals surface area contributed by atoms with Gasteiger partial charge >= 0.3 is 0 Å². The third-order valence-corrected chi connectivity index (χ3v) is 3.58. The summed E-state index contributed by atoms with van der Waals surface area (Å²) in [7, 11) is 0. The van der Waals surface area contributed by atoms with Gasteiger partial charge in [-0.2, -0.15) is 0 Å². The Morgan fingerprint density at radius 2 is 1.55 bits per heavy atom. The minimum absolute atomic E-state index is 1.10. The summed E-state index contributed by atoms with van der Waals surface area (Å²) in [6.45, 7) is 2.22. The first-order valence-electron chi connectivity index (χ1n) is 7.21. The fourth-order valence-electron chi connectivity index (χ4n) is 2.61. The molecule has 0 unspecified atom stereocenters. The standard InChI is InChI=1S/C19H19N/c1-2-8-16-14-13-15-9-6-7-12-18(15)19(16)20-17-10-4-3-5-11-17/h3-7,9-14,20H,2,8H2,1H3. The van der Waals surface area contributed by atoms with Crippen LogP contribution in [0.15, 0.2) is 66.7 Å². The van der Waals surface area contributed by atoms with E-state index < -0.39 is 0 Å². The Hall–Kier alpha value is -2.28. The number of para-hydroxylation sites is 1. The second-order valence-corrected chi connectivity index (χ2v) is 5.06. The second-order valence-electron chi connectivity index (χ2n) is 5.06. The first-order valence-corrected chi connectivity index (χ1v) is 7.21. The molecule has 0 heterocycles. The van der Waals surface area contributed by atoms with Gasteiger partial charge in [0.25, 0.3) is 0 Å². The van der Waals surface area contributed by atoms with E-state index >= 15 is 0 Å². The Morgan fingerprint density at radius 1 is 0.800 bits per heavy atom. The van der Waals surface area contributed by atoms with Crippen LogP contribution in [0.3, 0.4) is 0 Å². The summed E-state index contributed by atoms with van der Waals surface area (Å²) < 4.78 is 0. The van der Waals surface area contributed by atoms with Crippen molar-refractivity contribution in [1.29, 1.82) is 0 Å². The smallest absolute Gasteiger partial charge is 0.0496 e. The molecule has 3 aromatic carbocycles. The average molecular weight is 261 g/mol. The van der Waals surface area contributed by atoms with Crippen LogP contribution in [0.5, 0.6) is 0 Å². The van der Waals surface area contributed by atoms with E-state index in [1.54, 1.807) is 0 Å². The van der Waals surface area contributed by atoms with E-state index in [4.69, 9.17) is 0 Å². The number of hydrogen-bond acceptors (Lipinski definition) is 1. The molecular weight excluding hydrogens is 242 g/mol. The van der Waals surface area contributed by atoms with Crippen molar-refractivity contribution in [2.24, 2.45) is 0 Å². The maximum absolute atomic E-state index is 3.60. The highest BCUT2D eigenvalue weighted by Gasteiger charge is 2.07. The molecule has 0 radical (unpaired) electrons. The fraction of sp³-hybridized carbons (Fsp3) is 0.158. The van der Waals surface area contributed by atoms with Crippen molar-refractivity contribution in [1.82, 2.24) is 0 Å². The average Bonchev–Trinajstić information content (AvgIpc) is 2.51. The second kappa shape index (κ2) is 5.79. The third kappa shape index (κ3) is 2.53. The zero-order valence-corrected chi connectivity index (χ0v) is 11.8. The maximum atomic E-state index is 3.60. The molecule has 0 amide bonds. The molecule has 0 saturated carbocycles. The molecule has 3 rings (SSSR count). The van der Waals surface area contributed by atoms with Gasteiger partial charge in [-0.25, -0.2) is 0 Å². The van der Waals surface area contributed by atoms with Gasteiger partial charge in [0, 0.05) is 16.8 Å². The fourth-order valence-corrected chi connectivity index (χ4v) is 2.61. The molecule has 0 aliphatic rings. The minimum atomic E-state index is 1.10. The van der Waals surface area contributed by atoms with Gasteiger partial charge in [-0.15, -0.1) is 0 Å². The summed E-state index contributed by atoms with van der Waals surface area (Å²) in [6.07, 6.45) is 2.25. The molecule has 0 aliphatic heterocycles. The van der Waals surface area contributed by atoms with Crippen molar-refractivity contribution < 1.29 is 0 Å². The quantitative estimate of drug-likeness (QED) is 0.650. The van der Waals surface area contributed by atoms with Crippen molar-refractivity contribution in [2.45, 2.75) is 19.8 Å². The van der Waals surface area contributed by atoms with Gasteiger partial charge in [-0.1, -0.05) is 67.9 Å². The van der Waals surface area contributed by atoms with Gasteiger partial charge in [0.05, 0.1) is 0 Å². The van der Waals surface area contributed by atoms with E-state index in [0.717, 1.165) is 18.5 Å². The van der Waals surface area contributed by atoms with E-state index in [1.165, 1.54) is 22.0 Å². The molecule has 0 aliphatic carbocycles. The van der Waals surface area contributed by atoms with Gasteiger partial charge in [0.15, 0.2) is 0 Å². The largest absolute Gasteiger partial charge is 0.355 e. The third-order valence-electron chi connectivity index (χ3n) is 3.58. The molecule has 0 spiro atoms. The Bertz CT molecular complexity index is 701. The summed E-state index contributed by atoms with van der Waals surface area (Å²) >= 11 is 0. The summed E-state index contributed by atoms with van der Waals surface area (Å²) in [6, 6.07) is 23.4. The predicted molar refractivity (Wildman–Crippen MR) is 87.7 cm³/mol. The first kappa shape index (κ1) is 12.7. The summed E-state index contributed by atoms with van der Waals surface area (Å²) in [4.78, 5) is 0. The zero-order valence-electron chi connectivity index (χ0n) is 11.8. The van der Waals surface area contributed by atoms with Crippen molar-refractivity contribution >= 4 is 22.1 Å². The van der Waals surface area contributed by atoms with Crippen LogP contribution in [0.1, 0.15) is 18.9 Å². The SMILES string of the molecule is CCCc1ccc2ccccc2c1Nc1ccccc1. The van der Waals surface area contributed by atoms with Gasteiger partial charge in [-0.3, -0.25) is 0 Å². The number of anilines is 2. The number of nitrogens with one attached hydrogen (secondary N) is 1. The lowest BCUT2D eigenvalue weighted by atomic mass is 10.0. The van der Waals surface area contributed by atoms with Gasteiger partial charge in [0.2, 0.25) is 0 Å². The Balaban J connectivity index is 2.12. The molecule has 0 atom stereocenters. The van der Waals surface area contributed by atoms with E-state index in [2.05, 4.69) is 72.9 Å². The predicted octanol–water partition coefficient (Wildman–Crippen LogP) is 5.54. The van der Waals surface area contributed by atoms with Crippen molar-refractivity contribution in [3.8, 4) is 0 Å². The maximum Gasteiger partial charge on any atom is 0.0496 e. The Labute approximate surface area is 120 Å². The van der Waals surface area contributed by atoms with Gasteiger partial charge in [0.1, 0.15) is 0 Å². The first-order chi connectivity index (χ1) is 9.88. The number of fused-ring (bicyclic) bond motifs is 1. The lowest BCUT2D eigenvalue weighted by Crippen LogP contribution is -1.97. The summed E-state index contributed by atoms with van der Waals surface area (Å²) in [5.74, 6) is 0. The van der Waals surface area contributed by atoms with Crippen LogP contribution in [0.2, 0.25) is 0 Å². The molecule has 0 saturated heterocycles. The normalized spacial score (nSPS) is 10.7. The summed E-state index contributed by atoms with van der Waals surface area (Å²) in [5, 5.41) is 6.18. The van der Waals surface area contributed by atoms with Crippen LogP contribution < -0.4 is 5.32 Å². The molecule has 3 aromatic rings. The number of aryl methyl sites for hydroxylation is 1. The molecule has 0 fully saturated rings. The summed E-state index contributed by atoms with van der Waals surface area (Å²) in [5.41, 5.74) is 3.77. The zero-order chi connectivity index (χ0) is 13.8. The van der Waals surface area contributed by atoms with E-state index in [1.807, 2.05) is 6.07 Å². The number of rotatable bonds is 4. The molecule has 1 N–H and O–H groups in total. The van der Waals surface area contributed by atoms with Gasteiger partial charge < -0.3 is 5.32 Å². The Kier molecular flexibility index (Phi) is 3.69. The monoisotopic (exact) mass is 261 g/mol. The highest BCUT2D eigenvalue weighted by molar-refractivity contribution is 5.97. The van der Waals surface area contributed by atoms with Crippen LogP contribution in [0, 0.1) is 0 Å². The molecule has 0 bridgehead atoms. The van der Waals surface area contributed by atoms with Crippen LogP contribution in [0.25, 0.3) is 10.8 Å². The van der Waals surface area contributed by atoms with E-state index in [-0.39, 0.29) is 0 Å². The highest BCUT2D eigenvalue weighted by atomic mass is 14.9. The molecular formula is C19H19N. The van der Waals surface area contributed by atoms with Crippen molar-refractivity contribution in [2.75, 3.05) is 5.32 Å². The van der Waals surface area contributed by atoms with Crippen LogP contribution in [0.4, 0.5) is 11.4 Å². The van der Waals surface area contributed by atoms with Crippen LogP contribution in [-0.4, -0.2) is 0 Å². The number of hydrogen-bond donors (Lipinski definition) is 1. The van der Waals surface area contributed by atoms with Crippen molar-refractivity contribution in [3.05, 3.63) is 72.3 Å². The molecule has 100 valence electrons. The lowest BCUT2D eigenvalue weighted by Gasteiger charge is -2.15. The minimum Gasteiger partial charge on any atom is -0.355 e. The highest BCUT2D eigenvalue weighted by Crippen LogP contribution is 2.31. The van der Waals surface area contributed by atoms with Crippen LogP contribution >= 0.6 is 0 Å². The molecule has 20 heavy (non-hydrogen) atoms. The topological polar surface area (TPSA) is 12.0 Å². The molecule has 1 nitrogen and oxygen atoms in total. The number of benzene rings is 3. The molecule has 0 aromatic heterocycles. The van der Waals surface area contributed by atoms with E-state index in [0.29, 0.717) is 0 Å². The molecule has 1 heteroatoms. The Morgan fingerprint density at radius 3 is 2.35 bits per heavy atom. The lowest BCUT2D eigenvalue weighted by molar-refractivity contribution is 0.925. The van der Waals surface area contributed by atoms with Gasteiger partial charge in [-0.05, 0) is 29.5 Å².